The zero-order valence-corrected chi connectivity index (χ0v) is 13.5. The molecule has 1 aliphatic rings. The predicted octanol–water partition coefficient (Wildman–Crippen LogP) is 2.92. The minimum Gasteiger partial charge on any atom is -0.370 e. The molecule has 0 spiro atoms. The van der Waals surface area contributed by atoms with Crippen LogP contribution in [0.2, 0.25) is 0 Å². The molecule has 0 bridgehead atoms. The molecule has 2 heterocycles. The summed E-state index contributed by atoms with van der Waals surface area (Å²) in [7, 11) is 0. The van der Waals surface area contributed by atoms with E-state index in [9.17, 15) is 10.1 Å². The van der Waals surface area contributed by atoms with E-state index in [1.807, 2.05) is 13.0 Å². The molecule has 0 N–H and O–H groups in total. The van der Waals surface area contributed by atoms with E-state index in [1.54, 1.807) is 4.57 Å². The number of nitriles is 1. The molecular formula is C17H25N3O. The third-order valence-electron chi connectivity index (χ3n) is 4.14. The average Bonchev–Trinajstić information content (AvgIpc) is 2.42. The van der Waals surface area contributed by atoms with Crippen LogP contribution in [0.15, 0.2) is 10.9 Å². The summed E-state index contributed by atoms with van der Waals surface area (Å²) in [6.07, 6.45) is 2.35. The molecule has 0 amide bonds. The maximum absolute atomic E-state index is 12.6. The van der Waals surface area contributed by atoms with Gasteiger partial charge in [-0.1, -0.05) is 20.8 Å². The van der Waals surface area contributed by atoms with Crippen molar-refractivity contribution in [3.63, 3.8) is 0 Å². The van der Waals surface area contributed by atoms with Crippen LogP contribution in [0.5, 0.6) is 0 Å². The molecule has 1 fully saturated rings. The van der Waals surface area contributed by atoms with Crippen molar-refractivity contribution in [2.45, 2.75) is 47.1 Å². The van der Waals surface area contributed by atoms with Gasteiger partial charge >= 0.3 is 0 Å². The Morgan fingerprint density at radius 1 is 1.48 bits per heavy atom. The second-order valence-corrected chi connectivity index (χ2v) is 6.66. The van der Waals surface area contributed by atoms with Crippen molar-refractivity contribution < 1.29 is 0 Å². The van der Waals surface area contributed by atoms with E-state index >= 15 is 0 Å². The first-order valence-electron chi connectivity index (χ1n) is 7.83. The maximum atomic E-state index is 12.6. The van der Waals surface area contributed by atoms with Gasteiger partial charge in [-0.3, -0.25) is 4.79 Å². The number of anilines is 1. The van der Waals surface area contributed by atoms with E-state index in [0.29, 0.717) is 23.9 Å². The third-order valence-corrected chi connectivity index (χ3v) is 4.14. The Kier molecular flexibility index (Phi) is 4.72. The Labute approximate surface area is 127 Å². The number of hydrogen-bond donors (Lipinski definition) is 0. The Hall–Kier alpha value is -1.76. The van der Waals surface area contributed by atoms with Crippen molar-refractivity contribution in [3.05, 3.63) is 27.7 Å². The summed E-state index contributed by atoms with van der Waals surface area (Å²) >= 11 is 0. The van der Waals surface area contributed by atoms with Gasteiger partial charge in [0, 0.05) is 25.3 Å². The molecule has 114 valence electrons. The summed E-state index contributed by atoms with van der Waals surface area (Å²) in [5.74, 6) is 0.998. The molecule has 1 atom stereocenters. The van der Waals surface area contributed by atoms with Gasteiger partial charge in [0.15, 0.2) is 0 Å². The van der Waals surface area contributed by atoms with E-state index < -0.39 is 0 Å². The first kappa shape index (κ1) is 15.6. The van der Waals surface area contributed by atoms with E-state index in [4.69, 9.17) is 0 Å². The number of aryl methyl sites for hydroxylation is 1. The summed E-state index contributed by atoms with van der Waals surface area (Å²) < 4.78 is 1.74. The van der Waals surface area contributed by atoms with Crippen LogP contribution >= 0.6 is 0 Å². The Morgan fingerprint density at radius 2 is 2.19 bits per heavy atom. The van der Waals surface area contributed by atoms with Gasteiger partial charge in [0.05, 0.1) is 5.69 Å². The number of aromatic nitrogens is 1. The fraction of sp³-hybridized carbons (Fsp3) is 0.647. The number of pyridine rings is 1. The van der Waals surface area contributed by atoms with Gasteiger partial charge < -0.3 is 9.47 Å². The smallest absolute Gasteiger partial charge is 0.270 e. The van der Waals surface area contributed by atoms with E-state index in [0.717, 1.165) is 30.9 Å². The largest absolute Gasteiger partial charge is 0.370 e. The van der Waals surface area contributed by atoms with Crippen molar-refractivity contribution in [2.75, 3.05) is 18.0 Å². The lowest BCUT2D eigenvalue weighted by molar-refractivity contribution is 0.445. The predicted molar refractivity (Wildman–Crippen MR) is 85.6 cm³/mol. The topological polar surface area (TPSA) is 49.0 Å². The monoisotopic (exact) mass is 287 g/mol. The first-order valence-corrected chi connectivity index (χ1v) is 7.83. The van der Waals surface area contributed by atoms with Crippen LogP contribution in [0.25, 0.3) is 0 Å². The van der Waals surface area contributed by atoms with E-state index in [-0.39, 0.29) is 5.56 Å². The molecule has 4 nitrogen and oxygen atoms in total. The van der Waals surface area contributed by atoms with Crippen LogP contribution < -0.4 is 10.5 Å². The molecule has 0 aromatic carbocycles. The molecule has 0 radical (unpaired) electrons. The van der Waals surface area contributed by atoms with Crippen LogP contribution in [-0.4, -0.2) is 17.7 Å². The summed E-state index contributed by atoms with van der Waals surface area (Å²) in [4.78, 5) is 14.8. The second kappa shape index (κ2) is 6.34. The molecule has 21 heavy (non-hydrogen) atoms. The van der Waals surface area contributed by atoms with Gasteiger partial charge in [0.1, 0.15) is 11.6 Å². The summed E-state index contributed by atoms with van der Waals surface area (Å²) in [6.45, 7) is 10.9. The molecule has 4 heteroatoms. The standard InChI is InChI=1S/C17H25N3O/c1-12(2)10-20-14(4)8-16(15(9-18)17(20)21)19-7-5-6-13(3)11-19/h8,12-13H,5-7,10-11H2,1-4H3. The minimum atomic E-state index is -0.139. The zero-order valence-electron chi connectivity index (χ0n) is 13.5. The van der Waals surface area contributed by atoms with Gasteiger partial charge in [0.2, 0.25) is 0 Å². The highest BCUT2D eigenvalue weighted by Gasteiger charge is 2.22. The van der Waals surface area contributed by atoms with E-state index in [2.05, 4.69) is 31.7 Å². The van der Waals surface area contributed by atoms with Crippen LogP contribution in [0.1, 0.15) is 44.9 Å². The zero-order chi connectivity index (χ0) is 15.6. The van der Waals surface area contributed by atoms with Crippen molar-refractivity contribution in [1.29, 1.82) is 5.26 Å². The molecule has 1 saturated heterocycles. The van der Waals surface area contributed by atoms with Gasteiger partial charge in [-0.2, -0.15) is 5.26 Å². The molecule has 1 unspecified atom stereocenters. The minimum absolute atomic E-state index is 0.139. The van der Waals surface area contributed by atoms with E-state index in [1.165, 1.54) is 6.42 Å². The lowest BCUT2D eigenvalue weighted by atomic mass is 9.99. The van der Waals surface area contributed by atoms with Gasteiger partial charge in [-0.15, -0.1) is 0 Å². The quantitative estimate of drug-likeness (QED) is 0.859. The summed E-state index contributed by atoms with van der Waals surface area (Å²) in [5.41, 5.74) is 1.93. The highest BCUT2D eigenvalue weighted by molar-refractivity contribution is 5.59. The van der Waals surface area contributed by atoms with Gasteiger partial charge in [-0.05, 0) is 37.7 Å². The SMILES string of the molecule is Cc1cc(N2CCCC(C)C2)c(C#N)c(=O)n1CC(C)C. The Balaban J connectivity index is 2.48. The molecule has 1 aromatic rings. The Bertz CT molecular complexity index is 610. The highest BCUT2D eigenvalue weighted by Crippen LogP contribution is 2.25. The van der Waals surface area contributed by atoms with Crippen LogP contribution in [0.3, 0.4) is 0 Å². The lowest BCUT2D eigenvalue weighted by Gasteiger charge is -2.33. The molecule has 0 aliphatic carbocycles. The molecular weight excluding hydrogens is 262 g/mol. The van der Waals surface area contributed by atoms with Crippen molar-refractivity contribution in [1.82, 2.24) is 4.57 Å². The van der Waals surface area contributed by atoms with Crippen LogP contribution in [-0.2, 0) is 6.54 Å². The van der Waals surface area contributed by atoms with Crippen LogP contribution in [0.4, 0.5) is 5.69 Å². The van der Waals surface area contributed by atoms with Crippen molar-refractivity contribution in [3.8, 4) is 6.07 Å². The molecule has 2 rings (SSSR count). The molecule has 1 aliphatic heterocycles. The van der Waals surface area contributed by atoms with Crippen molar-refractivity contribution in [2.24, 2.45) is 11.8 Å². The average molecular weight is 287 g/mol. The third kappa shape index (κ3) is 3.29. The fourth-order valence-corrected chi connectivity index (χ4v) is 3.11. The number of nitrogens with zero attached hydrogens (tertiary/aromatic N) is 3. The van der Waals surface area contributed by atoms with Crippen molar-refractivity contribution >= 4 is 5.69 Å². The molecule has 0 saturated carbocycles. The van der Waals surface area contributed by atoms with Crippen LogP contribution in [0, 0.1) is 30.1 Å². The Morgan fingerprint density at radius 3 is 2.76 bits per heavy atom. The second-order valence-electron chi connectivity index (χ2n) is 6.66. The van der Waals surface area contributed by atoms with Gasteiger partial charge in [0.25, 0.3) is 5.56 Å². The number of piperidine rings is 1. The molecule has 1 aromatic heterocycles. The summed E-state index contributed by atoms with van der Waals surface area (Å²) in [6, 6.07) is 4.16. The number of hydrogen-bond acceptors (Lipinski definition) is 3. The van der Waals surface area contributed by atoms with Gasteiger partial charge in [-0.25, -0.2) is 0 Å². The first-order chi connectivity index (χ1) is 9.93. The number of rotatable bonds is 3. The maximum Gasteiger partial charge on any atom is 0.270 e. The highest BCUT2D eigenvalue weighted by atomic mass is 16.1. The normalized spacial score (nSPS) is 18.9. The summed E-state index contributed by atoms with van der Waals surface area (Å²) in [5, 5.41) is 9.46. The lowest BCUT2D eigenvalue weighted by Crippen LogP contribution is -2.37. The fourth-order valence-electron chi connectivity index (χ4n) is 3.11.